The highest BCUT2D eigenvalue weighted by Crippen LogP contribution is 2.30. The molecule has 0 radical (unpaired) electrons. The first-order chi connectivity index (χ1) is 19.7. The molecule has 0 aliphatic rings. The number of carbonyl (C=O) groups is 3. The smallest absolute Gasteiger partial charge is 0.345 e. The van der Waals surface area contributed by atoms with Crippen LogP contribution >= 0.6 is 23.2 Å². The molecule has 208 valence electrons. The molecule has 0 saturated carbocycles. The van der Waals surface area contributed by atoms with E-state index >= 15 is 0 Å². The van der Waals surface area contributed by atoms with Crippen molar-refractivity contribution < 1.29 is 23.9 Å². The summed E-state index contributed by atoms with van der Waals surface area (Å²) >= 11 is 12.0. The summed E-state index contributed by atoms with van der Waals surface area (Å²) in [7, 11) is 0. The second-order valence-electron chi connectivity index (χ2n) is 8.75. The van der Waals surface area contributed by atoms with E-state index in [2.05, 4.69) is 15.8 Å². The molecule has 0 bridgehead atoms. The second kappa shape index (κ2) is 13.6. The quantitative estimate of drug-likeness (QED) is 0.0952. The first kappa shape index (κ1) is 29.3. The van der Waals surface area contributed by atoms with Crippen LogP contribution in [0.15, 0.2) is 90.0 Å². The number of hydrogen-bond acceptors (Lipinski definition) is 6. The monoisotopic (exact) mass is 589 g/mol. The summed E-state index contributed by atoms with van der Waals surface area (Å²) in [6, 6.07) is 23.0. The number of amides is 2. The van der Waals surface area contributed by atoms with Crippen LogP contribution in [0.25, 0.3) is 0 Å². The average Bonchev–Trinajstić information content (AvgIpc) is 2.95. The number of hydrazone groups is 1. The van der Waals surface area contributed by atoms with Crippen LogP contribution in [0.2, 0.25) is 10.0 Å². The van der Waals surface area contributed by atoms with Gasteiger partial charge in [-0.05, 0) is 92.2 Å². The van der Waals surface area contributed by atoms with Crippen LogP contribution < -0.4 is 20.2 Å². The zero-order chi connectivity index (χ0) is 29.4. The Labute approximate surface area is 246 Å². The predicted molar refractivity (Wildman–Crippen MR) is 160 cm³/mol. The van der Waals surface area contributed by atoms with E-state index in [1.807, 2.05) is 19.1 Å². The van der Waals surface area contributed by atoms with Crippen LogP contribution in [0.1, 0.15) is 49.1 Å². The maximum atomic E-state index is 12.6. The van der Waals surface area contributed by atoms with Crippen LogP contribution in [-0.2, 0) is 0 Å². The highest BCUT2D eigenvalue weighted by atomic mass is 35.5. The minimum absolute atomic E-state index is 0.161. The molecule has 10 heteroatoms. The van der Waals surface area contributed by atoms with Gasteiger partial charge in [-0.25, -0.2) is 10.2 Å². The van der Waals surface area contributed by atoms with Gasteiger partial charge in [0.05, 0.1) is 23.4 Å². The molecule has 0 spiro atoms. The maximum Gasteiger partial charge on any atom is 0.345 e. The lowest BCUT2D eigenvalue weighted by Crippen LogP contribution is -2.18. The van der Waals surface area contributed by atoms with Crippen LogP contribution in [0.3, 0.4) is 0 Å². The third-order valence-electron chi connectivity index (χ3n) is 5.72. The molecular formula is C31H25Cl2N3O5. The first-order valence-corrected chi connectivity index (χ1v) is 13.2. The van der Waals surface area contributed by atoms with Crippen molar-refractivity contribution in [3.05, 3.63) is 123 Å². The number of halogens is 2. The third kappa shape index (κ3) is 7.94. The summed E-state index contributed by atoms with van der Waals surface area (Å²) in [6.45, 7) is 4.07. The van der Waals surface area contributed by atoms with Crippen molar-refractivity contribution in [2.45, 2.75) is 13.8 Å². The molecule has 4 aromatic carbocycles. The van der Waals surface area contributed by atoms with Gasteiger partial charge >= 0.3 is 5.97 Å². The van der Waals surface area contributed by atoms with Crippen LogP contribution in [0.4, 0.5) is 5.69 Å². The van der Waals surface area contributed by atoms with Gasteiger partial charge in [-0.2, -0.15) is 5.10 Å². The van der Waals surface area contributed by atoms with Crippen molar-refractivity contribution in [1.29, 1.82) is 0 Å². The molecule has 2 amide bonds. The van der Waals surface area contributed by atoms with E-state index in [1.165, 1.54) is 18.3 Å². The molecule has 2 N–H and O–H groups in total. The minimum Gasteiger partial charge on any atom is -0.490 e. The number of carbonyl (C=O) groups excluding carboxylic acids is 3. The Bertz CT molecular complexity index is 1600. The van der Waals surface area contributed by atoms with Crippen molar-refractivity contribution >= 4 is 52.9 Å². The molecule has 0 unspecified atom stereocenters. The molecule has 0 aliphatic carbocycles. The Morgan fingerprint density at radius 3 is 2.20 bits per heavy atom. The Balaban J connectivity index is 1.36. The average molecular weight is 590 g/mol. The zero-order valence-corrected chi connectivity index (χ0v) is 23.6. The lowest BCUT2D eigenvalue weighted by Gasteiger charge is -2.12. The predicted octanol–water partition coefficient (Wildman–Crippen LogP) is 6.94. The fourth-order valence-electron chi connectivity index (χ4n) is 3.61. The van der Waals surface area contributed by atoms with Gasteiger partial charge in [0.1, 0.15) is 0 Å². The van der Waals surface area contributed by atoms with Gasteiger partial charge in [0.15, 0.2) is 11.5 Å². The summed E-state index contributed by atoms with van der Waals surface area (Å²) in [5, 5.41) is 7.37. The van der Waals surface area contributed by atoms with Crippen LogP contribution in [0.5, 0.6) is 11.5 Å². The van der Waals surface area contributed by atoms with Crippen molar-refractivity contribution in [2.24, 2.45) is 5.10 Å². The van der Waals surface area contributed by atoms with Gasteiger partial charge < -0.3 is 14.8 Å². The molecule has 0 heterocycles. The molecule has 0 saturated heterocycles. The fourth-order valence-corrected chi connectivity index (χ4v) is 4.10. The normalized spacial score (nSPS) is 10.7. The van der Waals surface area contributed by atoms with Gasteiger partial charge in [0.2, 0.25) is 0 Å². The van der Waals surface area contributed by atoms with Gasteiger partial charge in [-0.1, -0.05) is 40.9 Å². The van der Waals surface area contributed by atoms with Crippen LogP contribution in [0, 0.1) is 6.92 Å². The number of hydrogen-bond donors (Lipinski definition) is 2. The molecule has 4 rings (SSSR count). The van der Waals surface area contributed by atoms with Gasteiger partial charge in [0, 0.05) is 21.8 Å². The van der Waals surface area contributed by atoms with E-state index in [0.29, 0.717) is 39.8 Å². The van der Waals surface area contributed by atoms with Gasteiger partial charge in [-0.3, -0.25) is 9.59 Å². The van der Waals surface area contributed by atoms with E-state index in [1.54, 1.807) is 67.6 Å². The van der Waals surface area contributed by atoms with E-state index in [4.69, 9.17) is 32.7 Å². The van der Waals surface area contributed by atoms with Gasteiger partial charge in [-0.15, -0.1) is 0 Å². The number of nitrogens with one attached hydrogen (secondary N) is 2. The number of nitrogens with zero attached hydrogens (tertiary/aromatic N) is 1. The number of anilines is 1. The fraction of sp³-hybridized carbons (Fsp3) is 0.0968. The summed E-state index contributed by atoms with van der Waals surface area (Å²) < 4.78 is 11.1. The number of aryl methyl sites for hydroxylation is 1. The lowest BCUT2D eigenvalue weighted by atomic mass is 10.1. The summed E-state index contributed by atoms with van der Waals surface area (Å²) in [5.74, 6) is -0.842. The van der Waals surface area contributed by atoms with Gasteiger partial charge in [0.25, 0.3) is 11.8 Å². The van der Waals surface area contributed by atoms with Crippen molar-refractivity contribution in [2.75, 3.05) is 11.9 Å². The standard InChI is InChI=1S/C31H25Cl2N3O5/c1-3-40-28-16-20(6-15-27(28)41-31(39)25-14-11-23(32)17-26(25)33)18-34-36-30(38)22-9-12-24(13-10-22)35-29(37)21-7-4-19(2)5-8-21/h4-18H,3H2,1-2H3,(H,35,37)(H,36,38)/b34-18-. The highest BCUT2D eigenvalue weighted by molar-refractivity contribution is 6.36. The molecule has 4 aromatic rings. The first-order valence-electron chi connectivity index (χ1n) is 12.5. The number of ether oxygens (including phenoxy) is 2. The molecule has 0 aliphatic heterocycles. The number of benzene rings is 4. The SMILES string of the molecule is CCOc1cc(/C=N\NC(=O)c2ccc(NC(=O)c3ccc(C)cc3)cc2)ccc1OC(=O)c1ccc(Cl)cc1Cl. The van der Waals surface area contributed by atoms with E-state index < -0.39 is 11.9 Å². The summed E-state index contributed by atoms with van der Waals surface area (Å²) in [5.41, 5.74) is 5.72. The lowest BCUT2D eigenvalue weighted by molar-refractivity contribution is 0.0728. The topological polar surface area (TPSA) is 106 Å². The molecular weight excluding hydrogens is 565 g/mol. The minimum atomic E-state index is -0.665. The third-order valence-corrected chi connectivity index (χ3v) is 6.27. The molecule has 0 fully saturated rings. The summed E-state index contributed by atoms with van der Waals surface area (Å²) in [6.07, 6.45) is 1.43. The molecule has 0 atom stereocenters. The van der Waals surface area contributed by atoms with Crippen molar-refractivity contribution in [1.82, 2.24) is 5.43 Å². The second-order valence-corrected chi connectivity index (χ2v) is 9.59. The van der Waals surface area contributed by atoms with E-state index in [9.17, 15) is 14.4 Å². The zero-order valence-electron chi connectivity index (χ0n) is 22.1. The Hall–Kier alpha value is -4.66. The molecule has 8 nitrogen and oxygen atoms in total. The molecule has 41 heavy (non-hydrogen) atoms. The van der Waals surface area contributed by atoms with Crippen molar-refractivity contribution in [3.8, 4) is 11.5 Å². The highest BCUT2D eigenvalue weighted by Gasteiger charge is 2.16. The maximum absolute atomic E-state index is 12.6. The van der Waals surface area contributed by atoms with E-state index in [0.717, 1.165) is 5.56 Å². The Morgan fingerprint density at radius 1 is 0.829 bits per heavy atom. The Kier molecular flexibility index (Phi) is 9.73. The number of rotatable bonds is 9. The summed E-state index contributed by atoms with van der Waals surface area (Å²) in [4.78, 5) is 37.6. The van der Waals surface area contributed by atoms with Crippen molar-refractivity contribution in [3.63, 3.8) is 0 Å². The van der Waals surface area contributed by atoms with Crippen LogP contribution in [-0.4, -0.2) is 30.6 Å². The molecule has 0 aromatic heterocycles. The largest absolute Gasteiger partial charge is 0.490 e. The Morgan fingerprint density at radius 2 is 1.51 bits per heavy atom. The van der Waals surface area contributed by atoms with E-state index in [-0.39, 0.29) is 22.2 Å². The number of esters is 1.